The first kappa shape index (κ1) is 19.5. The summed E-state index contributed by atoms with van der Waals surface area (Å²) in [4.78, 5) is 36.1. The Bertz CT molecular complexity index is 929. The molecular formula is C20H21NO7. The Kier molecular flexibility index (Phi) is 5.67. The van der Waals surface area contributed by atoms with E-state index in [4.69, 9.17) is 14.2 Å². The van der Waals surface area contributed by atoms with Crippen molar-refractivity contribution in [2.45, 2.75) is 26.8 Å². The van der Waals surface area contributed by atoms with Crippen LogP contribution in [-0.2, 0) is 20.8 Å². The number of Topliss-reactive ketones (excluding diaryl/α,β-unsaturated/α-hetero) is 1. The molecule has 0 amide bonds. The summed E-state index contributed by atoms with van der Waals surface area (Å²) in [5.74, 6) is -0.224. The quantitative estimate of drug-likeness (QED) is 0.532. The number of ether oxygens (including phenoxy) is 4. The zero-order valence-electron chi connectivity index (χ0n) is 15.9. The van der Waals surface area contributed by atoms with Gasteiger partial charge < -0.3 is 23.5 Å². The minimum Gasteiger partial charge on any atom is -0.469 e. The number of methoxy groups -OCH3 is 1. The van der Waals surface area contributed by atoms with E-state index in [1.165, 1.54) is 13.2 Å². The molecule has 0 N–H and O–H groups in total. The predicted molar refractivity (Wildman–Crippen MR) is 97.7 cm³/mol. The van der Waals surface area contributed by atoms with Crippen molar-refractivity contribution in [3.63, 3.8) is 0 Å². The summed E-state index contributed by atoms with van der Waals surface area (Å²) < 4.78 is 22.1. The average Bonchev–Trinajstić information content (AvgIpc) is 3.27. The second kappa shape index (κ2) is 8.16. The van der Waals surface area contributed by atoms with Gasteiger partial charge in [0.2, 0.25) is 12.6 Å². The number of rotatable bonds is 7. The smallest absolute Gasteiger partial charge is 0.338 e. The summed E-state index contributed by atoms with van der Waals surface area (Å²) in [7, 11) is 1.33. The molecule has 0 saturated carbocycles. The topological polar surface area (TPSA) is 93.1 Å². The van der Waals surface area contributed by atoms with Gasteiger partial charge in [0.25, 0.3) is 0 Å². The van der Waals surface area contributed by atoms with E-state index in [0.29, 0.717) is 29.3 Å². The number of aryl methyl sites for hydroxylation is 1. The fourth-order valence-electron chi connectivity index (χ4n) is 3.05. The third kappa shape index (κ3) is 4.00. The summed E-state index contributed by atoms with van der Waals surface area (Å²) in [6.45, 7) is 3.78. The minimum atomic E-state index is -0.619. The third-order valence-corrected chi connectivity index (χ3v) is 4.58. The summed E-state index contributed by atoms with van der Waals surface area (Å²) in [5.41, 5.74) is 2.29. The SMILES string of the molecule is COC(=O)CCn1c(C)cc(C(=O)COC(=O)c2ccc3c(c2)OCO3)c1C. The molecule has 0 unspecified atom stereocenters. The minimum absolute atomic E-state index is 0.109. The normalized spacial score (nSPS) is 12.0. The van der Waals surface area contributed by atoms with E-state index in [-0.39, 0.29) is 37.1 Å². The molecule has 0 radical (unpaired) electrons. The van der Waals surface area contributed by atoms with E-state index < -0.39 is 5.97 Å². The van der Waals surface area contributed by atoms with Crippen molar-refractivity contribution in [2.75, 3.05) is 20.5 Å². The Balaban J connectivity index is 1.63. The lowest BCUT2D eigenvalue weighted by Gasteiger charge is -2.09. The molecule has 0 bridgehead atoms. The molecule has 8 heteroatoms. The lowest BCUT2D eigenvalue weighted by Crippen LogP contribution is -2.15. The molecule has 0 fully saturated rings. The number of hydrogen-bond donors (Lipinski definition) is 0. The van der Waals surface area contributed by atoms with Crippen LogP contribution in [0.4, 0.5) is 0 Å². The Morgan fingerprint density at radius 1 is 1.11 bits per heavy atom. The van der Waals surface area contributed by atoms with Gasteiger partial charge in [-0.15, -0.1) is 0 Å². The largest absolute Gasteiger partial charge is 0.469 e. The van der Waals surface area contributed by atoms with Gasteiger partial charge in [-0.25, -0.2) is 4.79 Å². The van der Waals surface area contributed by atoms with Crippen LogP contribution < -0.4 is 9.47 Å². The summed E-state index contributed by atoms with van der Waals surface area (Å²) in [5, 5.41) is 0. The molecule has 8 nitrogen and oxygen atoms in total. The first-order valence-corrected chi connectivity index (χ1v) is 8.74. The van der Waals surface area contributed by atoms with Crippen LogP contribution in [0.5, 0.6) is 11.5 Å². The second-order valence-electron chi connectivity index (χ2n) is 6.33. The van der Waals surface area contributed by atoms with Crippen LogP contribution in [-0.4, -0.2) is 42.8 Å². The molecule has 1 aliphatic rings. The van der Waals surface area contributed by atoms with Crippen LogP contribution in [0.25, 0.3) is 0 Å². The number of hydrogen-bond acceptors (Lipinski definition) is 7. The summed E-state index contributed by atoms with van der Waals surface area (Å²) in [6, 6.07) is 6.42. The monoisotopic (exact) mass is 387 g/mol. The molecule has 0 saturated heterocycles. The Morgan fingerprint density at radius 3 is 2.61 bits per heavy atom. The van der Waals surface area contributed by atoms with Gasteiger partial charge in [-0.3, -0.25) is 9.59 Å². The van der Waals surface area contributed by atoms with Crippen molar-refractivity contribution in [1.82, 2.24) is 4.57 Å². The number of carbonyl (C=O) groups is 3. The van der Waals surface area contributed by atoms with Gasteiger partial charge in [-0.2, -0.15) is 0 Å². The highest BCUT2D eigenvalue weighted by Crippen LogP contribution is 2.32. The van der Waals surface area contributed by atoms with Gasteiger partial charge in [0.05, 0.1) is 19.1 Å². The highest BCUT2D eigenvalue weighted by Gasteiger charge is 2.20. The Hall–Kier alpha value is -3.29. The molecule has 0 spiro atoms. The van der Waals surface area contributed by atoms with E-state index in [2.05, 4.69) is 4.74 Å². The van der Waals surface area contributed by atoms with E-state index in [0.717, 1.165) is 5.69 Å². The van der Waals surface area contributed by atoms with Crippen LogP contribution in [0.2, 0.25) is 0 Å². The van der Waals surface area contributed by atoms with Crippen molar-refractivity contribution >= 4 is 17.7 Å². The van der Waals surface area contributed by atoms with E-state index in [9.17, 15) is 14.4 Å². The fourth-order valence-corrected chi connectivity index (χ4v) is 3.05. The van der Waals surface area contributed by atoms with Crippen LogP contribution >= 0.6 is 0 Å². The van der Waals surface area contributed by atoms with Gasteiger partial charge in [0.15, 0.2) is 18.1 Å². The molecule has 0 atom stereocenters. The van der Waals surface area contributed by atoms with Crippen molar-refractivity contribution < 1.29 is 33.3 Å². The third-order valence-electron chi connectivity index (χ3n) is 4.58. The number of nitrogens with zero attached hydrogens (tertiary/aromatic N) is 1. The van der Waals surface area contributed by atoms with Crippen molar-refractivity contribution in [2.24, 2.45) is 0 Å². The van der Waals surface area contributed by atoms with E-state index in [1.54, 1.807) is 25.1 Å². The van der Waals surface area contributed by atoms with Gasteiger partial charge >= 0.3 is 11.9 Å². The highest BCUT2D eigenvalue weighted by molar-refractivity contribution is 6.00. The zero-order chi connectivity index (χ0) is 20.3. The molecule has 148 valence electrons. The fraction of sp³-hybridized carbons (Fsp3) is 0.350. The van der Waals surface area contributed by atoms with Gasteiger partial charge in [-0.1, -0.05) is 0 Å². The molecule has 28 heavy (non-hydrogen) atoms. The maximum atomic E-state index is 12.5. The number of benzene rings is 1. The predicted octanol–water partition coefficient (Wildman–Crippen LogP) is 2.44. The lowest BCUT2D eigenvalue weighted by atomic mass is 10.1. The molecular weight excluding hydrogens is 366 g/mol. The van der Waals surface area contributed by atoms with E-state index in [1.807, 2.05) is 11.5 Å². The van der Waals surface area contributed by atoms with Crippen LogP contribution in [0, 0.1) is 13.8 Å². The second-order valence-corrected chi connectivity index (χ2v) is 6.33. The number of carbonyl (C=O) groups excluding carboxylic acids is 3. The molecule has 1 aliphatic heterocycles. The van der Waals surface area contributed by atoms with Crippen molar-refractivity contribution in [1.29, 1.82) is 0 Å². The van der Waals surface area contributed by atoms with E-state index >= 15 is 0 Å². The molecule has 2 heterocycles. The highest BCUT2D eigenvalue weighted by atomic mass is 16.7. The standard InChI is InChI=1S/C20H21NO7/c1-12-8-15(13(2)21(12)7-6-19(23)25-3)16(22)10-26-20(24)14-4-5-17-18(9-14)28-11-27-17/h4-5,8-9H,6-7,10-11H2,1-3H3. The van der Waals surface area contributed by atoms with Crippen molar-refractivity contribution in [3.05, 3.63) is 46.8 Å². The summed E-state index contributed by atoms with van der Waals surface area (Å²) >= 11 is 0. The Morgan fingerprint density at radius 2 is 1.86 bits per heavy atom. The first-order valence-electron chi connectivity index (χ1n) is 8.74. The molecule has 2 aromatic rings. The molecule has 0 aliphatic carbocycles. The van der Waals surface area contributed by atoms with Crippen LogP contribution in [0.15, 0.2) is 24.3 Å². The van der Waals surface area contributed by atoms with Crippen LogP contribution in [0.3, 0.4) is 0 Å². The first-order chi connectivity index (χ1) is 13.4. The molecule has 3 rings (SSSR count). The van der Waals surface area contributed by atoms with Gasteiger partial charge in [0, 0.05) is 23.5 Å². The Labute approximate surface area is 161 Å². The van der Waals surface area contributed by atoms with Crippen molar-refractivity contribution in [3.8, 4) is 11.5 Å². The molecule has 1 aromatic carbocycles. The van der Waals surface area contributed by atoms with Gasteiger partial charge in [-0.05, 0) is 38.1 Å². The maximum Gasteiger partial charge on any atom is 0.338 e. The lowest BCUT2D eigenvalue weighted by molar-refractivity contribution is -0.140. The number of ketones is 1. The maximum absolute atomic E-state index is 12.5. The molecule has 1 aromatic heterocycles. The average molecular weight is 387 g/mol. The number of aromatic nitrogens is 1. The summed E-state index contributed by atoms with van der Waals surface area (Å²) in [6.07, 6.45) is 0.208. The number of esters is 2. The number of fused-ring (bicyclic) bond motifs is 1. The van der Waals surface area contributed by atoms with Crippen LogP contribution in [0.1, 0.15) is 38.5 Å². The zero-order valence-corrected chi connectivity index (χ0v) is 15.9. The van der Waals surface area contributed by atoms with Gasteiger partial charge in [0.1, 0.15) is 0 Å².